The van der Waals surface area contributed by atoms with E-state index in [2.05, 4.69) is 42.5 Å². The van der Waals surface area contributed by atoms with Gasteiger partial charge in [0.15, 0.2) is 0 Å². The number of halogens is 1. The van der Waals surface area contributed by atoms with Crippen LogP contribution in [0.25, 0.3) is 5.69 Å². The highest BCUT2D eigenvalue weighted by Gasteiger charge is 2.18. The van der Waals surface area contributed by atoms with E-state index in [1.807, 2.05) is 12.1 Å². The van der Waals surface area contributed by atoms with Crippen LogP contribution in [0.3, 0.4) is 0 Å². The van der Waals surface area contributed by atoms with Gasteiger partial charge < -0.3 is 19.9 Å². The van der Waals surface area contributed by atoms with Crippen molar-refractivity contribution in [3.8, 4) is 11.4 Å². The van der Waals surface area contributed by atoms with Crippen LogP contribution < -0.4 is 15.0 Å². The number of likely N-dealkylation sites (N-methyl/N-ethyl adjacent to an activating group) is 1. The number of piperazine rings is 1. The molecular weight excluding hydrogens is 432 g/mol. The first-order valence-electron chi connectivity index (χ1n) is 10.4. The van der Waals surface area contributed by atoms with E-state index in [9.17, 15) is 4.79 Å². The quantitative estimate of drug-likeness (QED) is 0.574. The van der Waals surface area contributed by atoms with E-state index in [1.165, 1.54) is 18.1 Å². The molecule has 11 heteroatoms. The number of carbonyl (C=O) groups excluding carboxylic acids is 1. The standard InChI is InChI=1S/C21H25ClN8O2/c1-3-28-6-8-29(9-7-28)20-5-4-15(12-23-20)13-24-21(31)16-10-17(22)18(11-19(16)32-2)30-14-25-26-27-30/h4-5,10-12,14H,3,6-9,13H2,1-2H3,(H,24,31). The predicted octanol–water partition coefficient (Wildman–Crippen LogP) is 1.79. The number of nitrogens with zero attached hydrogens (tertiary/aromatic N) is 7. The van der Waals surface area contributed by atoms with E-state index >= 15 is 0 Å². The molecule has 0 radical (unpaired) electrons. The lowest BCUT2D eigenvalue weighted by Gasteiger charge is -2.34. The molecule has 3 heterocycles. The monoisotopic (exact) mass is 456 g/mol. The second-order valence-corrected chi connectivity index (χ2v) is 7.79. The number of hydrogen-bond acceptors (Lipinski definition) is 8. The number of rotatable bonds is 7. The van der Waals surface area contributed by atoms with Gasteiger partial charge in [0.2, 0.25) is 0 Å². The Balaban J connectivity index is 1.40. The molecule has 0 atom stereocenters. The first kappa shape index (κ1) is 22.0. The number of methoxy groups -OCH3 is 1. The molecule has 0 saturated carbocycles. The number of ether oxygens (including phenoxy) is 1. The van der Waals surface area contributed by atoms with Crippen molar-refractivity contribution >= 4 is 23.3 Å². The lowest BCUT2D eigenvalue weighted by atomic mass is 10.1. The molecule has 2 aromatic heterocycles. The van der Waals surface area contributed by atoms with Crippen molar-refractivity contribution in [2.75, 3.05) is 44.7 Å². The lowest BCUT2D eigenvalue weighted by Crippen LogP contribution is -2.46. The third-order valence-electron chi connectivity index (χ3n) is 5.52. The summed E-state index contributed by atoms with van der Waals surface area (Å²) >= 11 is 6.35. The Morgan fingerprint density at radius 2 is 2.03 bits per heavy atom. The molecule has 10 nitrogen and oxygen atoms in total. The molecule has 3 aromatic rings. The number of nitrogens with one attached hydrogen (secondary N) is 1. The normalized spacial score (nSPS) is 14.4. The molecule has 1 amide bonds. The van der Waals surface area contributed by atoms with Gasteiger partial charge in [0.05, 0.1) is 23.4 Å². The summed E-state index contributed by atoms with van der Waals surface area (Å²) in [6.45, 7) is 7.64. The number of amides is 1. The fourth-order valence-electron chi connectivity index (χ4n) is 3.62. The topological polar surface area (TPSA) is 101 Å². The van der Waals surface area contributed by atoms with Crippen molar-refractivity contribution in [1.29, 1.82) is 0 Å². The molecule has 168 valence electrons. The number of aromatic nitrogens is 5. The molecule has 1 aliphatic rings. The first-order valence-corrected chi connectivity index (χ1v) is 10.8. The molecule has 4 rings (SSSR count). The maximum Gasteiger partial charge on any atom is 0.255 e. The second kappa shape index (κ2) is 9.92. The Labute approximate surface area is 191 Å². The predicted molar refractivity (Wildman–Crippen MR) is 120 cm³/mol. The van der Waals surface area contributed by atoms with Gasteiger partial charge in [0.25, 0.3) is 5.91 Å². The summed E-state index contributed by atoms with van der Waals surface area (Å²) in [4.78, 5) is 22.1. The second-order valence-electron chi connectivity index (χ2n) is 7.39. The van der Waals surface area contributed by atoms with E-state index in [4.69, 9.17) is 16.3 Å². The van der Waals surface area contributed by atoms with Crippen LogP contribution in [0.2, 0.25) is 5.02 Å². The average Bonchev–Trinajstić information content (AvgIpc) is 3.37. The molecule has 0 unspecified atom stereocenters. The molecule has 0 spiro atoms. The summed E-state index contributed by atoms with van der Waals surface area (Å²) in [6, 6.07) is 7.16. The zero-order valence-corrected chi connectivity index (χ0v) is 18.8. The number of pyridine rings is 1. The highest BCUT2D eigenvalue weighted by atomic mass is 35.5. The fourth-order valence-corrected chi connectivity index (χ4v) is 3.87. The minimum Gasteiger partial charge on any atom is -0.496 e. The van der Waals surface area contributed by atoms with Gasteiger partial charge in [-0.2, -0.15) is 4.68 Å². The zero-order chi connectivity index (χ0) is 22.5. The number of carbonyl (C=O) groups is 1. The van der Waals surface area contributed by atoms with Gasteiger partial charge >= 0.3 is 0 Å². The first-order chi connectivity index (χ1) is 15.6. The van der Waals surface area contributed by atoms with Gasteiger partial charge in [-0.05, 0) is 34.7 Å². The molecule has 1 aromatic carbocycles. The summed E-state index contributed by atoms with van der Waals surface area (Å²) in [6.07, 6.45) is 3.22. The van der Waals surface area contributed by atoms with Crippen molar-refractivity contribution in [1.82, 2.24) is 35.4 Å². The fraction of sp³-hybridized carbons (Fsp3) is 0.381. The number of hydrogen-bond donors (Lipinski definition) is 1. The Kier molecular flexibility index (Phi) is 6.81. The number of benzene rings is 1. The van der Waals surface area contributed by atoms with E-state index < -0.39 is 0 Å². The van der Waals surface area contributed by atoms with Crippen molar-refractivity contribution in [3.63, 3.8) is 0 Å². The molecule has 1 N–H and O–H groups in total. The van der Waals surface area contributed by atoms with Crippen LogP contribution in [-0.4, -0.2) is 75.8 Å². The van der Waals surface area contributed by atoms with E-state index in [-0.39, 0.29) is 5.91 Å². The number of anilines is 1. The van der Waals surface area contributed by atoms with Crippen molar-refractivity contribution in [3.05, 3.63) is 52.9 Å². The summed E-state index contributed by atoms with van der Waals surface area (Å²) in [7, 11) is 1.49. The lowest BCUT2D eigenvalue weighted by molar-refractivity contribution is 0.0948. The Morgan fingerprint density at radius 1 is 1.22 bits per heavy atom. The van der Waals surface area contributed by atoms with Crippen LogP contribution in [-0.2, 0) is 6.54 Å². The Morgan fingerprint density at radius 3 is 2.66 bits per heavy atom. The summed E-state index contributed by atoms with van der Waals surface area (Å²) in [5.41, 5.74) is 1.75. The van der Waals surface area contributed by atoms with Crippen molar-refractivity contribution < 1.29 is 9.53 Å². The SMILES string of the molecule is CCN1CCN(c2ccc(CNC(=O)c3cc(Cl)c(-n4cnnn4)cc3OC)cn2)CC1. The largest absolute Gasteiger partial charge is 0.496 e. The third-order valence-corrected chi connectivity index (χ3v) is 5.82. The maximum atomic E-state index is 12.8. The highest BCUT2D eigenvalue weighted by Crippen LogP contribution is 2.29. The minimum atomic E-state index is -0.299. The maximum absolute atomic E-state index is 12.8. The van der Waals surface area contributed by atoms with Crippen molar-refractivity contribution in [2.45, 2.75) is 13.5 Å². The molecule has 32 heavy (non-hydrogen) atoms. The Hall–Kier alpha value is -3.24. The summed E-state index contributed by atoms with van der Waals surface area (Å²) < 4.78 is 6.79. The van der Waals surface area contributed by atoms with Gasteiger partial charge in [-0.3, -0.25) is 4.79 Å². The highest BCUT2D eigenvalue weighted by molar-refractivity contribution is 6.33. The van der Waals surface area contributed by atoms with Gasteiger partial charge in [0, 0.05) is 45.0 Å². The van der Waals surface area contributed by atoms with Crippen LogP contribution in [0.4, 0.5) is 5.82 Å². The van der Waals surface area contributed by atoms with E-state index in [0.29, 0.717) is 28.6 Å². The molecule has 1 saturated heterocycles. The van der Waals surface area contributed by atoms with Gasteiger partial charge in [0.1, 0.15) is 17.9 Å². The summed E-state index contributed by atoms with van der Waals surface area (Å²) in [5.74, 6) is 1.03. The van der Waals surface area contributed by atoms with Crippen LogP contribution in [0, 0.1) is 0 Å². The summed E-state index contributed by atoms with van der Waals surface area (Å²) in [5, 5.41) is 14.3. The van der Waals surface area contributed by atoms with Gasteiger partial charge in [-0.1, -0.05) is 24.6 Å². The smallest absolute Gasteiger partial charge is 0.255 e. The van der Waals surface area contributed by atoms with Gasteiger partial charge in [-0.15, -0.1) is 5.10 Å². The van der Waals surface area contributed by atoms with Crippen LogP contribution >= 0.6 is 11.6 Å². The molecule has 0 aliphatic carbocycles. The van der Waals surface area contributed by atoms with Crippen molar-refractivity contribution in [2.24, 2.45) is 0 Å². The van der Waals surface area contributed by atoms with Gasteiger partial charge in [-0.25, -0.2) is 4.98 Å². The molecular formula is C21H25ClN8O2. The van der Waals surface area contributed by atoms with Crippen LogP contribution in [0.5, 0.6) is 5.75 Å². The van der Waals surface area contributed by atoms with Crippen LogP contribution in [0.1, 0.15) is 22.8 Å². The third kappa shape index (κ3) is 4.81. The average molecular weight is 457 g/mol. The zero-order valence-electron chi connectivity index (χ0n) is 18.0. The molecule has 1 fully saturated rings. The van der Waals surface area contributed by atoms with Crippen LogP contribution in [0.15, 0.2) is 36.8 Å². The van der Waals surface area contributed by atoms with E-state index in [1.54, 1.807) is 18.3 Å². The van der Waals surface area contributed by atoms with E-state index in [0.717, 1.165) is 44.1 Å². The molecule has 1 aliphatic heterocycles. The molecule has 0 bridgehead atoms. The number of tetrazole rings is 1. The Bertz CT molecular complexity index is 1050. The minimum absolute atomic E-state index is 0.299.